The van der Waals surface area contributed by atoms with Crippen LogP contribution in [0.3, 0.4) is 0 Å². The number of thiazole rings is 1. The minimum Gasteiger partial charge on any atom is -0.389 e. The molecule has 4 heteroatoms. The van der Waals surface area contributed by atoms with Gasteiger partial charge < -0.3 is 10.8 Å². The van der Waals surface area contributed by atoms with Crippen LogP contribution in [0, 0.1) is 6.92 Å². The van der Waals surface area contributed by atoms with Crippen LogP contribution in [0.1, 0.15) is 15.6 Å². The molecule has 0 atom stereocenters. The lowest BCUT2D eigenvalue weighted by molar-refractivity contribution is 0.281. The van der Waals surface area contributed by atoms with Crippen LogP contribution in [0.2, 0.25) is 0 Å². The van der Waals surface area contributed by atoms with E-state index in [2.05, 4.69) is 4.98 Å². The van der Waals surface area contributed by atoms with Crippen molar-refractivity contribution in [1.82, 2.24) is 4.98 Å². The molecule has 0 aromatic carbocycles. The van der Waals surface area contributed by atoms with Crippen molar-refractivity contribution >= 4 is 11.3 Å². The fourth-order valence-electron chi connectivity index (χ4n) is 0.745. The zero-order valence-corrected chi connectivity index (χ0v) is 6.61. The number of rotatable bonds is 2. The highest BCUT2D eigenvalue weighted by atomic mass is 32.1. The lowest BCUT2D eigenvalue weighted by Gasteiger charge is -1.86. The van der Waals surface area contributed by atoms with Crippen molar-refractivity contribution in [2.75, 3.05) is 0 Å². The molecule has 0 radical (unpaired) electrons. The van der Waals surface area contributed by atoms with Gasteiger partial charge in [-0.2, -0.15) is 0 Å². The highest BCUT2D eigenvalue weighted by Gasteiger charge is 2.03. The molecule has 0 unspecified atom stereocenters. The molecule has 3 nitrogen and oxygen atoms in total. The van der Waals surface area contributed by atoms with Crippen molar-refractivity contribution in [3.63, 3.8) is 0 Å². The Morgan fingerprint density at radius 1 is 1.70 bits per heavy atom. The molecule has 0 amide bonds. The molecule has 1 aromatic heterocycles. The average molecular weight is 158 g/mol. The predicted octanol–water partition coefficient (Wildman–Crippen LogP) is 0.403. The summed E-state index contributed by atoms with van der Waals surface area (Å²) < 4.78 is 0. The second kappa shape index (κ2) is 3.09. The van der Waals surface area contributed by atoms with Gasteiger partial charge in [-0.3, -0.25) is 0 Å². The first-order valence-electron chi connectivity index (χ1n) is 3.04. The number of nitrogens with two attached hydrogens (primary N) is 1. The van der Waals surface area contributed by atoms with Crippen molar-refractivity contribution in [1.29, 1.82) is 0 Å². The van der Waals surface area contributed by atoms with Crippen LogP contribution < -0.4 is 5.73 Å². The Hall–Kier alpha value is -0.450. The minimum atomic E-state index is 0.0194. The average Bonchev–Trinajstić information content (AvgIpc) is 2.30. The normalized spacial score (nSPS) is 10.3. The highest BCUT2D eigenvalue weighted by Crippen LogP contribution is 2.16. The summed E-state index contributed by atoms with van der Waals surface area (Å²) in [6, 6.07) is 0. The molecular weight excluding hydrogens is 148 g/mol. The Bertz CT molecular complexity index is 222. The fraction of sp³-hybridized carbons (Fsp3) is 0.500. The first-order valence-corrected chi connectivity index (χ1v) is 3.85. The Kier molecular flexibility index (Phi) is 2.37. The molecule has 0 aliphatic heterocycles. The Morgan fingerprint density at radius 2 is 2.40 bits per heavy atom. The number of aliphatic hydroxyl groups excluding tert-OH is 1. The van der Waals surface area contributed by atoms with Crippen LogP contribution in [0.15, 0.2) is 0 Å². The van der Waals surface area contributed by atoms with Gasteiger partial charge in [0.25, 0.3) is 0 Å². The third kappa shape index (κ3) is 1.34. The number of aromatic nitrogens is 1. The Labute approximate surface area is 63.5 Å². The van der Waals surface area contributed by atoms with Gasteiger partial charge in [0.05, 0.1) is 12.3 Å². The maximum Gasteiger partial charge on any atom is 0.119 e. The van der Waals surface area contributed by atoms with Gasteiger partial charge in [-0.25, -0.2) is 4.98 Å². The van der Waals surface area contributed by atoms with Crippen molar-refractivity contribution < 1.29 is 5.11 Å². The Balaban J connectivity index is 2.92. The summed E-state index contributed by atoms with van der Waals surface area (Å²) in [5, 5.41) is 9.43. The predicted molar refractivity (Wildman–Crippen MR) is 40.7 cm³/mol. The van der Waals surface area contributed by atoms with Gasteiger partial charge >= 0.3 is 0 Å². The van der Waals surface area contributed by atoms with Crippen LogP contribution in [0.25, 0.3) is 0 Å². The maximum atomic E-state index is 8.68. The first-order chi connectivity index (χ1) is 4.77. The molecule has 1 rings (SSSR count). The van der Waals surface area contributed by atoms with Crippen molar-refractivity contribution in [2.45, 2.75) is 20.1 Å². The van der Waals surface area contributed by atoms with E-state index < -0.39 is 0 Å². The monoisotopic (exact) mass is 158 g/mol. The van der Waals surface area contributed by atoms with Crippen LogP contribution in [-0.4, -0.2) is 10.1 Å². The number of hydrogen-bond acceptors (Lipinski definition) is 4. The van der Waals surface area contributed by atoms with E-state index in [0.717, 1.165) is 15.6 Å². The van der Waals surface area contributed by atoms with E-state index >= 15 is 0 Å². The summed E-state index contributed by atoms with van der Waals surface area (Å²) >= 11 is 1.47. The number of aliphatic hydroxyl groups is 1. The van der Waals surface area contributed by atoms with Gasteiger partial charge in [-0.1, -0.05) is 0 Å². The molecule has 56 valence electrons. The summed E-state index contributed by atoms with van der Waals surface area (Å²) in [5.41, 5.74) is 6.35. The zero-order valence-electron chi connectivity index (χ0n) is 5.79. The van der Waals surface area contributed by atoms with Crippen molar-refractivity contribution in [2.24, 2.45) is 5.73 Å². The largest absolute Gasteiger partial charge is 0.389 e. The van der Waals surface area contributed by atoms with Gasteiger partial charge in [0.1, 0.15) is 5.01 Å². The molecular formula is C6H10N2OS. The number of hydrogen-bond donors (Lipinski definition) is 2. The smallest absolute Gasteiger partial charge is 0.119 e. The Morgan fingerprint density at radius 3 is 2.70 bits per heavy atom. The number of aryl methyl sites for hydroxylation is 1. The molecule has 3 N–H and O–H groups in total. The quantitative estimate of drug-likeness (QED) is 0.655. The first kappa shape index (κ1) is 7.65. The molecule has 0 aliphatic rings. The minimum absolute atomic E-state index is 0.0194. The molecule has 1 heterocycles. The molecule has 1 aromatic rings. The van der Waals surface area contributed by atoms with E-state index in [1.54, 1.807) is 0 Å². The van der Waals surface area contributed by atoms with Crippen LogP contribution in [-0.2, 0) is 13.2 Å². The van der Waals surface area contributed by atoms with Gasteiger partial charge in [-0.15, -0.1) is 11.3 Å². The molecule has 0 fully saturated rings. The fourth-order valence-corrected chi connectivity index (χ4v) is 1.55. The van der Waals surface area contributed by atoms with Crippen LogP contribution in [0.4, 0.5) is 0 Å². The molecule has 0 bridgehead atoms. The van der Waals surface area contributed by atoms with Gasteiger partial charge in [0, 0.05) is 11.4 Å². The summed E-state index contributed by atoms with van der Waals surface area (Å²) in [6.45, 7) is 2.44. The lowest BCUT2D eigenvalue weighted by atomic mass is 10.4. The molecule has 10 heavy (non-hydrogen) atoms. The van der Waals surface area contributed by atoms with E-state index in [1.165, 1.54) is 11.3 Å². The van der Waals surface area contributed by atoms with Crippen molar-refractivity contribution in [3.05, 3.63) is 15.6 Å². The molecule has 0 spiro atoms. The number of nitrogens with zero attached hydrogens (tertiary/aromatic N) is 1. The third-order valence-corrected chi connectivity index (χ3v) is 2.42. The third-order valence-electron chi connectivity index (χ3n) is 1.26. The summed E-state index contributed by atoms with van der Waals surface area (Å²) in [4.78, 5) is 5.15. The van der Waals surface area contributed by atoms with Crippen molar-refractivity contribution in [3.8, 4) is 0 Å². The van der Waals surface area contributed by atoms with Crippen LogP contribution in [0.5, 0.6) is 0 Å². The van der Waals surface area contributed by atoms with Crippen LogP contribution >= 0.6 is 11.3 Å². The molecule has 0 saturated heterocycles. The molecule has 0 saturated carbocycles. The van der Waals surface area contributed by atoms with E-state index in [1.807, 2.05) is 6.92 Å². The highest BCUT2D eigenvalue weighted by molar-refractivity contribution is 7.11. The second-order valence-electron chi connectivity index (χ2n) is 1.98. The topological polar surface area (TPSA) is 59.1 Å². The zero-order chi connectivity index (χ0) is 7.56. The van der Waals surface area contributed by atoms with E-state index in [4.69, 9.17) is 10.8 Å². The maximum absolute atomic E-state index is 8.68. The van der Waals surface area contributed by atoms with Gasteiger partial charge in [0.15, 0.2) is 0 Å². The van der Waals surface area contributed by atoms with E-state index in [9.17, 15) is 0 Å². The second-order valence-corrected chi connectivity index (χ2v) is 3.15. The van der Waals surface area contributed by atoms with E-state index in [0.29, 0.717) is 6.54 Å². The van der Waals surface area contributed by atoms with Gasteiger partial charge in [0.2, 0.25) is 0 Å². The summed E-state index contributed by atoms with van der Waals surface area (Å²) in [5.74, 6) is 0. The lowest BCUT2D eigenvalue weighted by Crippen LogP contribution is -1.94. The standard InChI is InChI=1S/C6H10N2OS/c1-4-5(2-7)10-6(3-9)8-4/h9H,2-3,7H2,1H3. The molecule has 0 aliphatic carbocycles. The SMILES string of the molecule is Cc1nc(CO)sc1CN. The summed E-state index contributed by atoms with van der Waals surface area (Å²) in [7, 11) is 0. The van der Waals surface area contributed by atoms with Gasteiger partial charge in [-0.05, 0) is 6.92 Å². The van der Waals surface area contributed by atoms with E-state index in [-0.39, 0.29) is 6.61 Å². The summed E-state index contributed by atoms with van der Waals surface area (Å²) in [6.07, 6.45) is 0.